The number of hydrogen-bond acceptors (Lipinski definition) is 7. The molecule has 1 N–H and O–H groups in total. The predicted octanol–water partition coefficient (Wildman–Crippen LogP) is 5.07. The molecule has 0 radical (unpaired) electrons. The number of fused-ring (bicyclic) bond motifs is 1. The van der Waals surface area contributed by atoms with Crippen LogP contribution < -0.4 is 19.7 Å². The standard InChI is InChI=1S/C30H38N4O3S/c1-36-26-12-7-10-22(29(26)37-2)14-15-28(35)31-20-23-8-3-4-9-24(23)21-33-16-18-34(19-17-33)30-25-11-5-6-13-27(25)38-32-30/h5-7,10-15,23-24H,3-4,8-9,16-21H2,1-2H3,(H,31,35)/t23-,24-/m1/s1. The molecule has 0 bridgehead atoms. The van der Waals surface area contributed by atoms with Crippen molar-refractivity contribution in [3.05, 3.63) is 54.1 Å². The van der Waals surface area contributed by atoms with Gasteiger partial charge in [0, 0.05) is 56.3 Å². The second-order valence-electron chi connectivity index (χ2n) is 10.3. The maximum absolute atomic E-state index is 12.7. The summed E-state index contributed by atoms with van der Waals surface area (Å²) < 4.78 is 16.8. The third-order valence-corrected chi connectivity index (χ3v) is 8.79. The predicted molar refractivity (Wildman–Crippen MR) is 155 cm³/mol. The average molecular weight is 535 g/mol. The normalized spacial score (nSPS) is 20.6. The fourth-order valence-corrected chi connectivity index (χ4v) is 6.66. The van der Waals surface area contributed by atoms with Gasteiger partial charge in [0.05, 0.1) is 18.9 Å². The van der Waals surface area contributed by atoms with Gasteiger partial charge in [-0.3, -0.25) is 9.69 Å². The Labute approximate surface area is 229 Å². The minimum Gasteiger partial charge on any atom is -0.493 e. The first-order chi connectivity index (χ1) is 18.7. The molecule has 2 heterocycles. The van der Waals surface area contributed by atoms with Gasteiger partial charge in [0.15, 0.2) is 11.5 Å². The molecule has 3 aromatic rings. The molecule has 2 aromatic carbocycles. The van der Waals surface area contributed by atoms with Gasteiger partial charge in [0.25, 0.3) is 0 Å². The fraction of sp³-hybridized carbons (Fsp3) is 0.467. The quantitative estimate of drug-likeness (QED) is 0.387. The number of benzene rings is 2. The summed E-state index contributed by atoms with van der Waals surface area (Å²) in [7, 11) is 3.22. The maximum Gasteiger partial charge on any atom is 0.244 e. The molecule has 2 aliphatic rings. The monoisotopic (exact) mass is 534 g/mol. The van der Waals surface area contributed by atoms with Crippen LogP contribution in [0.3, 0.4) is 0 Å². The number of para-hydroxylation sites is 1. The molecular formula is C30H38N4O3S. The number of piperazine rings is 1. The molecule has 2 atom stereocenters. The Bertz CT molecular complexity index is 1250. The molecule has 1 aliphatic heterocycles. The van der Waals surface area contributed by atoms with E-state index in [0.717, 1.165) is 50.6 Å². The summed E-state index contributed by atoms with van der Waals surface area (Å²) in [6.45, 7) is 6.00. The number of ether oxygens (including phenoxy) is 2. The van der Waals surface area contributed by atoms with Crippen LogP contribution in [0.2, 0.25) is 0 Å². The molecule has 1 amide bonds. The molecule has 1 saturated carbocycles. The minimum absolute atomic E-state index is 0.0664. The largest absolute Gasteiger partial charge is 0.493 e. The summed E-state index contributed by atoms with van der Waals surface area (Å²) in [6, 6.07) is 14.2. The van der Waals surface area contributed by atoms with Crippen LogP contribution in [0.25, 0.3) is 16.2 Å². The number of rotatable bonds is 9. The molecule has 1 saturated heterocycles. The fourth-order valence-electron chi connectivity index (χ4n) is 5.87. The molecule has 0 spiro atoms. The Morgan fingerprint density at radius 3 is 2.61 bits per heavy atom. The summed E-state index contributed by atoms with van der Waals surface area (Å²) in [5, 5.41) is 4.44. The van der Waals surface area contributed by atoms with Crippen molar-refractivity contribution in [3.8, 4) is 11.5 Å². The summed E-state index contributed by atoms with van der Waals surface area (Å²) in [4.78, 5) is 17.7. The first-order valence-electron chi connectivity index (χ1n) is 13.6. The van der Waals surface area contributed by atoms with Crippen molar-refractivity contribution in [2.45, 2.75) is 25.7 Å². The molecule has 1 aliphatic carbocycles. The van der Waals surface area contributed by atoms with E-state index >= 15 is 0 Å². The highest BCUT2D eigenvalue weighted by Crippen LogP contribution is 2.33. The van der Waals surface area contributed by atoms with Gasteiger partial charge in [-0.1, -0.05) is 37.1 Å². The number of anilines is 1. The SMILES string of the molecule is COc1cccc(C=CC(=O)NC[C@H]2CCCC[C@@H]2CN2CCN(c3nsc4ccccc34)CC2)c1OC. The van der Waals surface area contributed by atoms with Gasteiger partial charge in [-0.15, -0.1) is 0 Å². The van der Waals surface area contributed by atoms with Crippen molar-refractivity contribution in [1.82, 2.24) is 14.6 Å². The number of carbonyl (C=O) groups is 1. The molecule has 2 fully saturated rings. The van der Waals surface area contributed by atoms with Gasteiger partial charge in [-0.2, -0.15) is 4.37 Å². The van der Waals surface area contributed by atoms with E-state index in [1.807, 2.05) is 18.2 Å². The van der Waals surface area contributed by atoms with Gasteiger partial charge < -0.3 is 19.7 Å². The lowest BCUT2D eigenvalue weighted by Gasteiger charge is -2.40. The van der Waals surface area contributed by atoms with Crippen molar-refractivity contribution in [1.29, 1.82) is 0 Å². The lowest BCUT2D eigenvalue weighted by molar-refractivity contribution is -0.116. The smallest absolute Gasteiger partial charge is 0.244 e. The zero-order valence-electron chi connectivity index (χ0n) is 22.4. The number of nitrogens with zero attached hydrogens (tertiary/aromatic N) is 3. The van der Waals surface area contributed by atoms with Crippen molar-refractivity contribution < 1.29 is 14.3 Å². The molecule has 0 unspecified atom stereocenters. The number of methoxy groups -OCH3 is 2. The summed E-state index contributed by atoms with van der Waals surface area (Å²) in [5.74, 6) is 3.51. The van der Waals surface area contributed by atoms with Crippen molar-refractivity contribution >= 4 is 39.4 Å². The van der Waals surface area contributed by atoms with Crippen molar-refractivity contribution in [3.63, 3.8) is 0 Å². The molecular weight excluding hydrogens is 496 g/mol. The third kappa shape index (κ3) is 6.13. The number of amides is 1. The van der Waals surface area contributed by atoms with E-state index < -0.39 is 0 Å². The second-order valence-corrected chi connectivity index (χ2v) is 11.1. The van der Waals surface area contributed by atoms with E-state index in [-0.39, 0.29) is 5.91 Å². The summed E-state index contributed by atoms with van der Waals surface area (Å²) >= 11 is 1.59. The first-order valence-corrected chi connectivity index (χ1v) is 14.4. The van der Waals surface area contributed by atoms with Gasteiger partial charge in [0.2, 0.25) is 5.91 Å². The van der Waals surface area contributed by atoms with Crippen LogP contribution in [0.4, 0.5) is 5.82 Å². The van der Waals surface area contributed by atoms with E-state index in [9.17, 15) is 4.79 Å². The summed E-state index contributed by atoms with van der Waals surface area (Å²) in [6.07, 6.45) is 8.35. The molecule has 8 heteroatoms. The Hall–Kier alpha value is -3.10. The Balaban J connectivity index is 1.12. The number of hydrogen-bond donors (Lipinski definition) is 1. The molecule has 202 valence electrons. The second kappa shape index (κ2) is 12.6. The van der Waals surface area contributed by atoms with Gasteiger partial charge in [-0.25, -0.2) is 0 Å². The average Bonchev–Trinajstić information content (AvgIpc) is 3.40. The third-order valence-electron chi connectivity index (χ3n) is 7.98. The first kappa shape index (κ1) is 26.5. The van der Waals surface area contributed by atoms with Crippen LogP contribution in [0.1, 0.15) is 31.2 Å². The number of nitrogens with one attached hydrogen (secondary N) is 1. The van der Waals surface area contributed by atoms with Crippen molar-refractivity contribution in [2.75, 3.05) is 58.4 Å². The maximum atomic E-state index is 12.7. The number of aromatic nitrogens is 1. The van der Waals surface area contributed by atoms with E-state index in [0.29, 0.717) is 23.3 Å². The zero-order valence-corrected chi connectivity index (χ0v) is 23.2. The summed E-state index contributed by atoms with van der Waals surface area (Å²) in [5.41, 5.74) is 0.822. The molecule has 5 rings (SSSR count). The lowest BCUT2D eigenvalue weighted by atomic mass is 9.78. The molecule has 7 nitrogen and oxygen atoms in total. The Kier molecular flexibility index (Phi) is 8.81. The van der Waals surface area contributed by atoms with Crippen LogP contribution in [0.5, 0.6) is 11.5 Å². The Morgan fingerprint density at radius 2 is 1.82 bits per heavy atom. The van der Waals surface area contributed by atoms with Crippen LogP contribution in [0.15, 0.2) is 48.5 Å². The Morgan fingerprint density at radius 1 is 1.03 bits per heavy atom. The van der Waals surface area contributed by atoms with Crippen LogP contribution in [0, 0.1) is 11.8 Å². The van der Waals surface area contributed by atoms with Crippen LogP contribution >= 0.6 is 11.5 Å². The van der Waals surface area contributed by atoms with Crippen molar-refractivity contribution in [2.24, 2.45) is 11.8 Å². The van der Waals surface area contributed by atoms with Crippen LogP contribution in [-0.2, 0) is 4.79 Å². The van der Waals surface area contributed by atoms with Gasteiger partial charge in [-0.05, 0) is 60.5 Å². The highest BCUT2D eigenvalue weighted by atomic mass is 32.1. The van der Waals surface area contributed by atoms with Crippen LogP contribution in [-0.4, -0.2) is 68.7 Å². The van der Waals surface area contributed by atoms with E-state index in [1.54, 1.807) is 37.9 Å². The zero-order chi connectivity index (χ0) is 26.3. The van der Waals surface area contributed by atoms with Gasteiger partial charge in [0.1, 0.15) is 5.82 Å². The van der Waals surface area contributed by atoms with E-state index in [1.165, 1.54) is 35.8 Å². The topological polar surface area (TPSA) is 66.9 Å². The highest BCUT2D eigenvalue weighted by molar-refractivity contribution is 7.13. The molecule has 38 heavy (non-hydrogen) atoms. The lowest BCUT2D eigenvalue weighted by Crippen LogP contribution is -2.49. The van der Waals surface area contributed by atoms with E-state index in [2.05, 4.69) is 39.4 Å². The minimum atomic E-state index is -0.0664. The van der Waals surface area contributed by atoms with Gasteiger partial charge >= 0.3 is 0 Å². The molecule has 1 aromatic heterocycles. The van der Waals surface area contributed by atoms with E-state index in [4.69, 9.17) is 13.8 Å². The highest BCUT2D eigenvalue weighted by Gasteiger charge is 2.29. The number of carbonyl (C=O) groups excluding carboxylic acids is 1.